The number of nitrogens with zero attached hydrogens (tertiary/aromatic N) is 1. The second kappa shape index (κ2) is 8.70. The van der Waals surface area contributed by atoms with Crippen molar-refractivity contribution < 1.29 is 28.9 Å². The number of carboxylic acids is 1. The number of aromatic nitrogens is 1. The van der Waals surface area contributed by atoms with E-state index in [1.807, 2.05) is 37.3 Å². The predicted octanol–water partition coefficient (Wildman–Crippen LogP) is 2.28. The van der Waals surface area contributed by atoms with Crippen molar-refractivity contribution in [2.24, 2.45) is 0 Å². The summed E-state index contributed by atoms with van der Waals surface area (Å²) in [6.45, 7) is 1.71. The molecule has 0 aliphatic carbocycles. The average Bonchev–Trinajstić information content (AvgIpc) is 2.62. The molecule has 1 aromatic heterocycles. The number of aliphatic carboxylic acids is 1. The fourth-order valence-electron chi connectivity index (χ4n) is 2.52. The van der Waals surface area contributed by atoms with Crippen LogP contribution in [0.3, 0.4) is 0 Å². The molecule has 144 valence electrons. The summed E-state index contributed by atoms with van der Waals surface area (Å²) in [6.07, 6.45) is 0.369. The van der Waals surface area contributed by atoms with Crippen molar-refractivity contribution in [3.63, 3.8) is 0 Å². The number of rotatable bonds is 9. The SMILES string of the molecule is CCCCOn1c(C2OC(c3ccccc3)O2)ccc(OCC(=O)O)c1=O. The van der Waals surface area contributed by atoms with Crippen molar-refractivity contribution in [2.75, 3.05) is 13.2 Å². The van der Waals surface area contributed by atoms with Gasteiger partial charge in [0.15, 0.2) is 18.6 Å². The number of benzene rings is 1. The molecule has 1 fully saturated rings. The number of ether oxygens (including phenoxy) is 3. The molecular formula is C19H21NO7. The summed E-state index contributed by atoms with van der Waals surface area (Å²) in [5.74, 6) is -1.29. The Morgan fingerprint density at radius 2 is 1.89 bits per heavy atom. The van der Waals surface area contributed by atoms with Crippen molar-refractivity contribution in [3.8, 4) is 5.75 Å². The van der Waals surface area contributed by atoms with E-state index in [0.717, 1.165) is 23.1 Å². The van der Waals surface area contributed by atoms with E-state index in [1.54, 1.807) is 6.07 Å². The molecule has 2 heterocycles. The molecule has 8 nitrogen and oxygen atoms in total. The molecule has 0 radical (unpaired) electrons. The maximum atomic E-state index is 12.6. The summed E-state index contributed by atoms with van der Waals surface area (Å²) in [6, 6.07) is 12.4. The Balaban J connectivity index is 1.78. The van der Waals surface area contributed by atoms with E-state index in [9.17, 15) is 9.59 Å². The standard InChI is InChI=1S/C19H21NO7/c1-2-3-11-25-20-14(9-10-15(17(20)23)24-12-16(21)22)19-26-18(27-19)13-7-5-4-6-8-13/h4-10,18-19H,2-3,11-12H2,1H3,(H,21,22). The van der Waals surface area contributed by atoms with Crippen LogP contribution in [-0.4, -0.2) is 29.0 Å². The van der Waals surface area contributed by atoms with Crippen LogP contribution in [0.1, 0.15) is 43.6 Å². The lowest BCUT2D eigenvalue weighted by Crippen LogP contribution is -2.37. The number of pyridine rings is 1. The molecule has 0 atom stereocenters. The van der Waals surface area contributed by atoms with Gasteiger partial charge in [0.2, 0.25) is 6.29 Å². The molecule has 0 saturated carbocycles. The largest absolute Gasteiger partial charge is 0.479 e. The summed E-state index contributed by atoms with van der Waals surface area (Å²) in [5.41, 5.74) is 0.655. The van der Waals surface area contributed by atoms with Gasteiger partial charge >= 0.3 is 11.5 Å². The molecule has 1 saturated heterocycles. The quantitative estimate of drug-likeness (QED) is 0.672. The summed E-state index contributed by atoms with van der Waals surface area (Å²) in [4.78, 5) is 28.8. The van der Waals surface area contributed by atoms with Gasteiger partial charge in [-0.3, -0.25) is 4.79 Å². The van der Waals surface area contributed by atoms with Crippen LogP contribution >= 0.6 is 0 Å². The molecule has 0 bridgehead atoms. The lowest BCUT2D eigenvalue weighted by atomic mass is 10.2. The van der Waals surface area contributed by atoms with Gasteiger partial charge in [-0.25, -0.2) is 4.79 Å². The van der Waals surface area contributed by atoms with Crippen LogP contribution in [0, 0.1) is 0 Å². The highest BCUT2D eigenvalue weighted by molar-refractivity contribution is 5.68. The summed E-state index contributed by atoms with van der Waals surface area (Å²) in [5, 5.41) is 8.73. The molecule has 0 unspecified atom stereocenters. The van der Waals surface area contributed by atoms with Gasteiger partial charge in [0.1, 0.15) is 12.3 Å². The predicted molar refractivity (Wildman–Crippen MR) is 94.3 cm³/mol. The van der Waals surface area contributed by atoms with E-state index in [1.165, 1.54) is 6.07 Å². The van der Waals surface area contributed by atoms with Gasteiger partial charge in [-0.1, -0.05) is 43.7 Å². The second-order valence-corrected chi connectivity index (χ2v) is 5.94. The highest BCUT2D eigenvalue weighted by Crippen LogP contribution is 2.40. The first-order valence-electron chi connectivity index (χ1n) is 8.70. The third-order valence-electron chi connectivity index (χ3n) is 3.91. The Bertz CT molecular complexity index is 828. The number of hydrogen-bond donors (Lipinski definition) is 1. The molecule has 1 N–H and O–H groups in total. The highest BCUT2D eigenvalue weighted by atomic mass is 16.9. The summed E-state index contributed by atoms with van der Waals surface area (Å²) >= 11 is 0. The minimum atomic E-state index is -1.17. The van der Waals surface area contributed by atoms with Crippen LogP contribution in [0.4, 0.5) is 0 Å². The van der Waals surface area contributed by atoms with Crippen molar-refractivity contribution in [1.29, 1.82) is 0 Å². The molecule has 1 aliphatic heterocycles. The monoisotopic (exact) mass is 375 g/mol. The van der Waals surface area contributed by atoms with Gasteiger partial charge in [-0.2, -0.15) is 0 Å². The molecule has 0 spiro atoms. The lowest BCUT2D eigenvalue weighted by Gasteiger charge is -2.37. The van der Waals surface area contributed by atoms with Crippen LogP contribution in [0.25, 0.3) is 0 Å². The van der Waals surface area contributed by atoms with Crippen molar-refractivity contribution in [2.45, 2.75) is 32.3 Å². The van der Waals surface area contributed by atoms with Crippen LogP contribution in [0.15, 0.2) is 47.3 Å². The maximum Gasteiger partial charge on any atom is 0.341 e. The van der Waals surface area contributed by atoms with Gasteiger partial charge < -0.3 is 24.2 Å². The number of carbonyl (C=O) groups is 1. The Labute approximate surface area is 155 Å². The molecule has 1 aliphatic rings. The average molecular weight is 375 g/mol. The number of hydrogen-bond acceptors (Lipinski definition) is 6. The van der Waals surface area contributed by atoms with E-state index in [0.29, 0.717) is 12.3 Å². The maximum absolute atomic E-state index is 12.6. The first kappa shape index (κ1) is 18.9. The zero-order valence-electron chi connectivity index (χ0n) is 14.9. The van der Waals surface area contributed by atoms with Crippen molar-refractivity contribution in [1.82, 2.24) is 4.73 Å². The summed E-state index contributed by atoms with van der Waals surface area (Å²) < 4.78 is 17.6. The first-order valence-corrected chi connectivity index (χ1v) is 8.70. The number of unbranched alkanes of at least 4 members (excludes halogenated alkanes) is 1. The van der Waals surface area contributed by atoms with E-state index >= 15 is 0 Å². The minimum Gasteiger partial charge on any atom is -0.479 e. The molecule has 2 aromatic rings. The Morgan fingerprint density at radius 1 is 1.15 bits per heavy atom. The smallest absolute Gasteiger partial charge is 0.341 e. The van der Waals surface area contributed by atoms with E-state index in [2.05, 4.69) is 0 Å². The van der Waals surface area contributed by atoms with Crippen molar-refractivity contribution >= 4 is 5.97 Å². The van der Waals surface area contributed by atoms with Crippen molar-refractivity contribution in [3.05, 3.63) is 64.1 Å². The molecule has 0 amide bonds. The van der Waals surface area contributed by atoms with Crippen LogP contribution in [-0.2, 0) is 14.3 Å². The fraction of sp³-hybridized carbons (Fsp3) is 0.368. The Hall–Kier alpha value is -2.84. The normalized spacial score (nSPS) is 18.6. The van der Waals surface area contributed by atoms with Gasteiger partial charge in [-0.05, 0) is 18.6 Å². The van der Waals surface area contributed by atoms with E-state index < -0.39 is 30.7 Å². The topological polar surface area (TPSA) is 96.2 Å². The van der Waals surface area contributed by atoms with Gasteiger partial charge in [0.25, 0.3) is 0 Å². The Kier molecular flexibility index (Phi) is 6.10. The van der Waals surface area contributed by atoms with Gasteiger partial charge in [0, 0.05) is 5.56 Å². The molecule has 1 aromatic carbocycles. The molecular weight excluding hydrogens is 354 g/mol. The third kappa shape index (κ3) is 4.47. The zero-order valence-corrected chi connectivity index (χ0v) is 14.9. The zero-order chi connectivity index (χ0) is 19.2. The van der Waals surface area contributed by atoms with Crippen LogP contribution < -0.4 is 15.1 Å². The van der Waals surface area contributed by atoms with E-state index in [4.69, 9.17) is 24.2 Å². The fourth-order valence-corrected chi connectivity index (χ4v) is 2.52. The molecule has 8 heteroatoms. The Morgan fingerprint density at radius 3 is 2.56 bits per heavy atom. The third-order valence-corrected chi connectivity index (χ3v) is 3.91. The van der Waals surface area contributed by atoms with E-state index in [-0.39, 0.29) is 5.75 Å². The number of carboxylic acid groups (broad SMARTS) is 1. The van der Waals surface area contributed by atoms with Crippen LogP contribution in [0.2, 0.25) is 0 Å². The van der Waals surface area contributed by atoms with Gasteiger partial charge in [-0.15, -0.1) is 4.73 Å². The van der Waals surface area contributed by atoms with Crippen LogP contribution in [0.5, 0.6) is 5.75 Å². The minimum absolute atomic E-state index is 0.114. The lowest BCUT2D eigenvalue weighted by molar-refractivity contribution is -0.400. The van der Waals surface area contributed by atoms with Gasteiger partial charge in [0.05, 0.1) is 0 Å². The summed E-state index contributed by atoms with van der Waals surface area (Å²) in [7, 11) is 0. The second-order valence-electron chi connectivity index (χ2n) is 5.94. The first-order chi connectivity index (χ1) is 13.1. The molecule has 27 heavy (non-hydrogen) atoms. The molecule has 3 rings (SSSR count). The highest BCUT2D eigenvalue weighted by Gasteiger charge is 2.36.